The highest BCUT2D eigenvalue weighted by Crippen LogP contribution is 2.27. The summed E-state index contributed by atoms with van der Waals surface area (Å²) in [6.45, 7) is 5.01. The molecule has 5 nitrogen and oxygen atoms in total. The lowest BCUT2D eigenvalue weighted by molar-refractivity contribution is 0.166. The van der Waals surface area contributed by atoms with Gasteiger partial charge in [-0.3, -0.25) is 0 Å². The predicted octanol–water partition coefficient (Wildman–Crippen LogP) is -0.193. The number of ether oxygens (including phenoxy) is 1. The SMILES string of the molecule is CN(C)S(=O)(=O)NC1COCC1(C)C. The number of hydrogen-bond donors (Lipinski definition) is 1. The highest BCUT2D eigenvalue weighted by atomic mass is 32.2. The molecule has 1 heterocycles. The van der Waals surface area contributed by atoms with Crippen molar-refractivity contribution in [2.75, 3.05) is 27.3 Å². The molecule has 1 N–H and O–H groups in total. The summed E-state index contributed by atoms with van der Waals surface area (Å²) >= 11 is 0. The van der Waals surface area contributed by atoms with Gasteiger partial charge in [0.2, 0.25) is 0 Å². The molecule has 84 valence electrons. The molecule has 6 heteroatoms. The lowest BCUT2D eigenvalue weighted by Crippen LogP contribution is -2.48. The minimum Gasteiger partial charge on any atom is -0.379 e. The van der Waals surface area contributed by atoms with Gasteiger partial charge in [0, 0.05) is 19.5 Å². The average Bonchev–Trinajstić information content (AvgIpc) is 2.30. The molecule has 0 saturated carbocycles. The van der Waals surface area contributed by atoms with Crippen LogP contribution in [-0.2, 0) is 14.9 Å². The Labute approximate surface area is 85.6 Å². The molecule has 0 aromatic carbocycles. The van der Waals surface area contributed by atoms with Gasteiger partial charge in [0.05, 0.1) is 19.3 Å². The highest BCUT2D eigenvalue weighted by Gasteiger charge is 2.38. The van der Waals surface area contributed by atoms with Crippen molar-refractivity contribution in [1.29, 1.82) is 0 Å². The maximum atomic E-state index is 11.5. The third kappa shape index (κ3) is 2.44. The highest BCUT2D eigenvalue weighted by molar-refractivity contribution is 7.87. The summed E-state index contributed by atoms with van der Waals surface area (Å²) in [5.41, 5.74) is -0.136. The van der Waals surface area contributed by atoms with E-state index in [1.54, 1.807) is 0 Å². The van der Waals surface area contributed by atoms with E-state index in [0.29, 0.717) is 13.2 Å². The van der Waals surface area contributed by atoms with Gasteiger partial charge in [-0.25, -0.2) is 0 Å². The number of rotatable bonds is 3. The summed E-state index contributed by atoms with van der Waals surface area (Å²) in [7, 11) is -0.339. The van der Waals surface area contributed by atoms with Gasteiger partial charge in [0.15, 0.2) is 0 Å². The summed E-state index contributed by atoms with van der Waals surface area (Å²) in [6, 6.07) is -0.144. The summed E-state index contributed by atoms with van der Waals surface area (Å²) in [5.74, 6) is 0. The topological polar surface area (TPSA) is 58.6 Å². The van der Waals surface area contributed by atoms with Crippen molar-refractivity contribution in [3.8, 4) is 0 Å². The van der Waals surface area contributed by atoms with Crippen molar-refractivity contribution < 1.29 is 13.2 Å². The van der Waals surface area contributed by atoms with Gasteiger partial charge in [0.1, 0.15) is 0 Å². The second kappa shape index (κ2) is 3.77. The van der Waals surface area contributed by atoms with Crippen molar-refractivity contribution in [3.63, 3.8) is 0 Å². The molecule has 1 fully saturated rings. The number of nitrogens with zero attached hydrogens (tertiary/aromatic N) is 1. The molecule has 0 aliphatic carbocycles. The van der Waals surface area contributed by atoms with E-state index >= 15 is 0 Å². The molecule has 0 aromatic rings. The van der Waals surface area contributed by atoms with Crippen molar-refractivity contribution in [1.82, 2.24) is 9.03 Å². The largest absolute Gasteiger partial charge is 0.379 e. The summed E-state index contributed by atoms with van der Waals surface area (Å²) in [6.07, 6.45) is 0. The van der Waals surface area contributed by atoms with E-state index in [1.807, 2.05) is 13.8 Å². The first-order valence-corrected chi connectivity index (χ1v) is 5.97. The fourth-order valence-electron chi connectivity index (χ4n) is 1.24. The maximum Gasteiger partial charge on any atom is 0.279 e. The van der Waals surface area contributed by atoms with Crippen LogP contribution in [0.25, 0.3) is 0 Å². The predicted molar refractivity (Wildman–Crippen MR) is 54.1 cm³/mol. The van der Waals surface area contributed by atoms with Gasteiger partial charge in [-0.05, 0) is 0 Å². The molecule has 1 aliphatic rings. The minimum atomic E-state index is -3.35. The molecular weight excluding hydrogens is 204 g/mol. The summed E-state index contributed by atoms with van der Waals surface area (Å²) in [5, 5.41) is 0. The second-order valence-corrected chi connectivity index (χ2v) is 6.38. The Morgan fingerprint density at radius 3 is 2.36 bits per heavy atom. The summed E-state index contributed by atoms with van der Waals surface area (Å²) < 4.78 is 32.1. The molecule has 14 heavy (non-hydrogen) atoms. The quantitative estimate of drug-likeness (QED) is 0.720. The lowest BCUT2D eigenvalue weighted by atomic mass is 9.89. The van der Waals surface area contributed by atoms with Crippen LogP contribution in [0.2, 0.25) is 0 Å². The van der Waals surface area contributed by atoms with Gasteiger partial charge in [0.25, 0.3) is 10.2 Å². The Morgan fingerprint density at radius 2 is 2.00 bits per heavy atom. The van der Waals surface area contributed by atoms with E-state index in [-0.39, 0.29) is 11.5 Å². The molecule has 0 spiro atoms. The van der Waals surface area contributed by atoms with Gasteiger partial charge < -0.3 is 4.74 Å². The monoisotopic (exact) mass is 222 g/mol. The molecule has 1 saturated heterocycles. The molecule has 1 aliphatic heterocycles. The zero-order valence-corrected chi connectivity index (χ0v) is 9.89. The van der Waals surface area contributed by atoms with Gasteiger partial charge in [-0.2, -0.15) is 17.4 Å². The molecule has 0 radical (unpaired) electrons. The number of hydrogen-bond acceptors (Lipinski definition) is 3. The lowest BCUT2D eigenvalue weighted by Gasteiger charge is -2.26. The van der Waals surface area contributed by atoms with Crippen LogP contribution in [0.15, 0.2) is 0 Å². The Balaban J connectivity index is 2.70. The summed E-state index contributed by atoms with van der Waals surface area (Å²) in [4.78, 5) is 0. The van der Waals surface area contributed by atoms with Crippen LogP contribution in [0.3, 0.4) is 0 Å². The van der Waals surface area contributed by atoms with Crippen molar-refractivity contribution in [3.05, 3.63) is 0 Å². The first-order valence-electron chi connectivity index (χ1n) is 4.53. The Kier molecular flexibility index (Phi) is 3.20. The standard InChI is InChI=1S/C8H18N2O3S/c1-8(2)6-13-5-7(8)9-14(11,12)10(3)4/h7,9H,5-6H2,1-4H3. The zero-order chi connectivity index (χ0) is 11.0. The van der Waals surface area contributed by atoms with Crippen LogP contribution in [0.1, 0.15) is 13.8 Å². The third-order valence-corrected chi connectivity index (χ3v) is 4.02. The van der Waals surface area contributed by atoms with E-state index in [2.05, 4.69) is 4.72 Å². The average molecular weight is 222 g/mol. The fraction of sp³-hybridized carbons (Fsp3) is 1.00. The second-order valence-electron chi connectivity index (χ2n) is 4.46. The molecule has 1 atom stereocenters. The van der Waals surface area contributed by atoms with E-state index in [0.717, 1.165) is 0 Å². The normalized spacial score (nSPS) is 27.1. The smallest absolute Gasteiger partial charge is 0.279 e. The minimum absolute atomic E-state index is 0.136. The van der Waals surface area contributed by atoms with E-state index in [9.17, 15) is 8.42 Å². The third-order valence-electron chi connectivity index (χ3n) is 2.47. The van der Waals surface area contributed by atoms with Crippen LogP contribution in [0, 0.1) is 5.41 Å². The molecule has 0 bridgehead atoms. The zero-order valence-electron chi connectivity index (χ0n) is 9.07. The first kappa shape index (κ1) is 11.9. The molecule has 0 amide bonds. The molecule has 1 rings (SSSR count). The van der Waals surface area contributed by atoms with E-state index < -0.39 is 10.2 Å². The Morgan fingerprint density at radius 1 is 1.43 bits per heavy atom. The van der Waals surface area contributed by atoms with Crippen LogP contribution in [0.5, 0.6) is 0 Å². The van der Waals surface area contributed by atoms with Crippen molar-refractivity contribution >= 4 is 10.2 Å². The number of nitrogens with one attached hydrogen (secondary N) is 1. The van der Waals surface area contributed by atoms with Crippen molar-refractivity contribution in [2.45, 2.75) is 19.9 Å². The maximum absolute atomic E-state index is 11.5. The molecular formula is C8H18N2O3S. The van der Waals surface area contributed by atoms with Gasteiger partial charge in [-0.15, -0.1) is 0 Å². The Bertz CT molecular complexity index is 298. The van der Waals surface area contributed by atoms with Crippen LogP contribution in [-0.4, -0.2) is 46.1 Å². The van der Waals surface area contributed by atoms with Gasteiger partial charge >= 0.3 is 0 Å². The molecule has 0 aromatic heterocycles. The van der Waals surface area contributed by atoms with Crippen LogP contribution in [0.4, 0.5) is 0 Å². The van der Waals surface area contributed by atoms with Crippen LogP contribution >= 0.6 is 0 Å². The molecule has 1 unspecified atom stereocenters. The van der Waals surface area contributed by atoms with Crippen LogP contribution < -0.4 is 4.72 Å². The fourth-order valence-corrected chi connectivity index (χ4v) is 2.20. The van der Waals surface area contributed by atoms with Gasteiger partial charge in [-0.1, -0.05) is 13.8 Å². The Hall–Kier alpha value is -0.170. The van der Waals surface area contributed by atoms with E-state index in [1.165, 1.54) is 18.4 Å². The first-order chi connectivity index (χ1) is 6.26. The van der Waals surface area contributed by atoms with Crippen molar-refractivity contribution in [2.24, 2.45) is 5.41 Å². The van der Waals surface area contributed by atoms with E-state index in [4.69, 9.17) is 4.74 Å².